The Kier molecular flexibility index (Phi) is 4.30. The van der Waals surface area contributed by atoms with Crippen molar-refractivity contribution < 1.29 is 14.2 Å². The smallest absolute Gasteiger partial charge is 0.133 e. The molecule has 0 atom stereocenters. The van der Waals surface area contributed by atoms with Crippen LogP contribution in [0.3, 0.4) is 0 Å². The Hall–Kier alpha value is -0.580. The van der Waals surface area contributed by atoms with Crippen molar-refractivity contribution in [3.63, 3.8) is 0 Å². The van der Waals surface area contributed by atoms with E-state index in [1.807, 2.05) is 6.07 Å². The summed E-state index contributed by atoms with van der Waals surface area (Å²) in [6, 6.07) is 6.25. The van der Waals surface area contributed by atoms with Gasteiger partial charge < -0.3 is 14.2 Å². The van der Waals surface area contributed by atoms with Gasteiger partial charge in [-0.1, -0.05) is 6.07 Å². The van der Waals surface area contributed by atoms with Crippen LogP contribution in [0.15, 0.2) is 22.7 Å². The van der Waals surface area contributed by atoms with E-state index in [-0.39, 0.29) is 5.41 Å². The average Bonchev–Trinajstić information content (AvgIpc) is 2.33. The third-order valence-electron chi connectivity index (χ3n) is 3.75. The molecule has 0 aromatic heterocycles. The average molecular weight is 315 g/mol. The third-order valence-corrected chi connectivity index (χ3v) is 4.37. The summed E-state index contributed by atoms with van der Waals surface area (Å²) in [6.07, 6.45) is 2.37. The van der Waals surface area contributed by atoms with E-state index in [4.69, 9.17) is 14.2 Å². The zero-order valence-electron chi connectivity index (χ0n) is 11.0. The first-order valence-electron chi connectivity index (χ1n) is 6.01. The summed E-state index contributed by atoms with van der Waals surface area (Å²) in [5, 5.41) is 0. The number of rotatable bonds is 5. The molecule has 0 N–H and O–H groups in total. The quantitative estimate of drug-likeness (QED) is 0.835. The lowest BCUT2D eigenvalue weighted by molar-refractivity contribution is -0.0483. The van der Waals surface area contributed by atoms with Crippen LogP contribution in [0.4, 0.5) is 0 Å². The molecule has 1 aliphatic rings. The van der Waals surface area contributed by atoms with Crippen molar-refractivity contribution in [1.82, 2.24) is 0 Å². The first-order valence-corrected chi connectivity index (χ1v) is 6.80. The molecule has 1 fully saturated rings. The van der Waals surface area contributed by atoms with Gasteiger partial charge in [-0.25, -0.2) is 0 Å². The Labute approximate surface area is 117 Å². The van der Waals surface area contributed by atoms with Crippen LogP contribution in [0.25, 0.3) is 0 Å². The minimum Gasteiger partial charge on any atom is -0.496 e. The van der Waals surface area contributed by atoms with Crippen molar-refractivity contribution in [3.05, 3.63) is 28.2 Å². The van der Waals surface area contributed by atoms with Crippen LogP contribution in [0, 0.1) is 0 Å². The Balaban J connectivity index is 2.24. The lowest BCUT2D eigenvalue weighted by Gasteiger charge is -2.47. The number of hydrogen-bond acceptors (Lipinski definition) is 3. The van der Waals surface area contributed by atoms with Crippen LogP contribution in [0.5, 0.6) is 5.75 Å². The van der Waals surface area contributed by atoms with Gasteiger partial charge in [0.2, 0.25) is 0 Å². The van der Waals surface area contributed by atoms with Gasteiger partial charge in [0.1, 0.15) is 5.75 Å². The van der Waals surface area contributed by atoms with Crippen molar-refractivity contribution in [1.29, 1.82) is 0 Å². The molecule has 0 radical (unpaired) electrons. The minimum absolute atomic E-state index is 0.0875. The van der Waals surface area contributed by atoms with E-state index in [0.29, 0.717) is 6.10 Å². The molecule has 0 saturated heterocycles. The number of hydrogen-bond donors (Lipinski definition) is 0. The van der Waals surface area contributed by atoms with E-state index in [1.165, 1.54) is 5.56 Å². The van der Waals surface area contributed by atoms with Crippen LogP contribution < -0.4 is 4.74 Å². The molecule has 1 aromatic carbocycles. The van der Waals surface area contributed by atoms with Gasteiger partial charge in [-0.2, -0.15) is 0 Å². The summed E-state index contributed by atoms with van der Waals surface area (Å²) in [5.41, 5.74) is 1.37. The number of ether oxygens (including phenoxy) is 3. The number of benzene rings is 1. The molecule has 0 amide bonds. The van der Waals surface area contributed by atoms with Gasteiger partial charge in [0.15, 0.2) is 0 Å². The number of halogens is 1. The molecule has 0 spiro atoms. The molecule has 2 rings (SSSR count). The van der Waals surface area contributed by atoms with Gasteiger partial charge in [0.25, 0.3) is 0 Å². The molecule has 3 nitrogen and oxygen atoms in total. The van der Waals surface area contributed by atoms with Crippen molar-refractivity contribution in [2.75, 3.05) is 27.9 Å². The maximum Gasteiger partial charge on any atom is 0.133 e. The van der Waals surface area contributed by atoms with E-state index in [1.54, 1.807) is 21.3 Å². The summed E-state index contributed by atoms with van der Waals surface area (Å²) >= 11 is 3.54. The number of methoxy groups -OCH3 is 3. The zero-order chi connectivity index (χ0) is 13.2. The second kappa shape index (κ2) is 5.59. The Morgan fingerprint density at radius 1 is 1.28 bits per heavy atom. The lowest BCUT2D eigenvalue weighted by Crippen LogP contribution is -2.48. The highest BCUT2D eigenvalue weighted by molar-refractivity contribution is 9.10. The van der Waals surface area contributed by atoms with E-state index >= 15 is 0 Å². The molecule has 0 unspecified atom stereocenters. The van der Waals surface area contributed by atoms with Crippen molar-refractivity contribution in [3.8, 4) is 5.75 Å². The SMILES string of the molecule is COCC1(c2ccc(OC)c(Br)c2)CC(OC)C1. The second-order valence-electron chi connectivity index (χ2n) is 4.83. The molecule has 0 bridgehead atoms. The predicted molar refractivity (Wildman–Crippen MR) is 74.3 cm³/mol. The second-order valence-corrected chi connectivity index (χ2v) is 5.68. The first-order chi connectivity index (χ1) is 8.65. The van der Waals surface area contributed by atoms with Crippen LogP contribution in [-0.4, -0.2) is 34.0 Å². The molecule has 1 aliphatic carbocycles. The van der Waals surface area contributed by atoms with Gasteiger partial charge in [0, 0.05) is 19.6 Å². The van der Waals surface area contributed by atoms with Gasteiger partial charge in [-0.15, -0.1) is 0 Å². The monoisotopic (exact) mass is 314 g/mol. The molecule has 4 heteroatoms. The Morgan fingerprint density at radius 3 is 2.50 bits per heavy atom. The summed E-state index contributed by atoms with van der Waals surface area (Å²) in [7, 11) is 5.20. The maximum absolute atomic E-state index is 5.39. The zero-order valence-corrected chi connectivity index (χ0v) is 12.6. The third kappa shape index (κ3) is 2.42. The molecule has 100 valence electrons. The van der Waals surface area contributed by atoms with Gasteiger partial charge in [-0.05, 0) is 46.5 Å². The molecule has 1 saturated carbocycles. The molecule has 0 aliphatic heterocycles. The minimum atomic E-state index is 0.0875. The van der Waals surface area contributed by atoms with Crippen LogP contribution in [0.1, 0.15) is 18.4 Å². The summed E-state index contributed by atoms with van der Waals surface area (Å²) in [6.45, 7) is 0.728. The largest absolute Gasteiger partial charge is 0.496 e. The van der Waals surface area contributed by atoms with Gasteiger partial charge in [0.05, 0.1) is 24.3 Å². The van der Waals surface area contributed by atoms with Crippen LogP contribution in [0.2, 0.25) is 0 Å². The Bertz CT molecular complexity index is 414. The van der Waals surface area contributed by atoms with E-state index in [9.17, 15) is 0 Å². The lowest BCUT2D eigenvalue weighted by atomic mass is 9.63. The van der Waals surface area contributed by atoms with Crippen LogP contribution >= 0.6 is 15.9 Å². The Morgan fingerprint density at radius 2 is 2.00 bits per heavy atom. The fourth-order valence-electron chi connectivity index (χ4n) is 2.69. The van der Waals surface area contributed by atoms with E-state index in [0.717, 1.165) is 29.7 Å². The summed E-state index contributed by atoms with van der Waals surface area (Å²) < 4.78 is 17.0. The van der Waals surface area contributed by atoms with Crippen molar-refractivity contribution in [2.45, 2.75) is 24.4 Å². The highest BCUT2D eigenvalue weighted by Gasteiger charge is 2.46. The standard InChI is InChI=1S/C14H19BrO3/c1-16-9-14(7-11(8-14)17-2)10-4-5-13(18-3)12(15)6-10/h4-6,11H,7-9H2,1-3H3. The fourth-order valence-corrected chi connectivity index (χ4v) is 3.23. The topological polar surface area (TPSA) is 27.7 Å². The molecular formula is C14H19BrO3. The van der Waals surface area contributed by atoms with E-state index < -0.39 is 0 Å². The normalized spacial score (nSPS) is 26.8. The van der Waals surface area contributed by atoms with Crippen molar-refractivity contribution >= 4 is 15.9 Å². The highest BCUT2D eigenvalue weighted by Crippen LogP contribution is 2.46. The van der Waals surface area contributed by atoms with Gasteiger partial charge in [-0.3, -0.25) is 0 Å². The summed E-state index contributed by atoms with van der Waals surface area (Å²) in [4.78, 5) is 0. The van der Waals surface area contributed by atoms with Crippen LogP contribution in [-0.2, 0) is 14.9 Å². The van der Waals surface area contributed by atoms with E-state index in [2.05, 4.69) is 28.1 Å². The highest BCUT2D eigenvalue weighted by atomic mass is 79.9. The summed E-state index contributed by atoms with van der Waals surface area (Å²) in [5.74, 6) is 0.855. The predicted octanol–water partition coefficient (Wildman–Crippen LogP) is 3.15. The fraction of sp³-hybridized carbons (Fsp3) is 0.571. The maximum atomic E-state index is 5.39. The molecule has 0 heterocycles. The molecular weight excluding hydrogens is 296 g/mol. The molecule has 1 aromatic rings. The molecule has 18 heavy (non-hydrogen) atoms. The first kappa shape index (κ1) is 13.8. The van der Waals surface area contributed by atoms with Gasteiger partial charge >= 0.3 is 0 Å². The van der Waals surface area contributed by atoms with Crippen molar-refractivity contribution in [2.24, 2.45) is 0 Å².